The Bertz CT molecular complexity index is 501. The highest BCUT2D eigenvalue weighted by Gasteiger charge is 2.32. The summed E-state index contributed by atoms with van der Waals surface area (Å²) in [5.74, 6) is 0. The number of hydrogen-bond donors (Lipinski definition) is 0. The minimum Gasteiger partial charge on any atom is -0.166 e. The van der Waals surface area contributed by atoms with Crippen LogP contribution in [-0.2, 0) is 19.0 Å². The van der Waals surface area contributed by atoms with Gasteiger partial charge in [-0.25, -0.2) is 0 Å². The van der Waals surface area contributed by atoms with E-state index in [0.29, 0.717) is 18.4 Å². The van der Waals surface area contributed by atoms with Gasteiger partial charge in [0.05, 0.1) is 5.56 Å². The monoisotopic (exact) mass is 250 g/mol. The summed E-state index contributed by atoms with van der Waals surface area (Å²) in [6.45, 7) is 0. The van der Waals surface area contributed by atoms with Crippen LogP contribution in [0.1, 0.15) is 16.7 Å². The Morgan fingerprint density at radius 2 is 1.33 bits per heavy atom. The van der Waals surface area contributed by atoms with Crippen molar-refractivity contribution in [2.75, 3.05) is 0 Å². The van der Waals surface area contributed by atoms with Crippen LogP contribution in [0.3, 0.4) is 0 Å². The normalized spacial score (nSPS) is 11.5. The molecule has 0 heterocycles. The van der Waals surface area contributed by atoms with Crippen LogP contribution in [0.2, 0.25) is 0 Å². The summed E-state index contributed by atoms with van der Waals surface area (Å²) in [7, 11) is 0. The Morgan fingerprint density at radius 1 is 0.722 bits per heavy atom. The summed E-state index contributed by atoms with van der Waals surface area (Å²) < 4.78 is 38.3. The zero-order valence-corrected chi connectivity index (χ0v) is 9.74. The summed E-state index contributed by atoms with van der Waals surface area (Å²) in [4.78, 5) is 0. The number of rotatable bonds is 3. The van der Waals surface area contributed by atoms with Crippen LogP contribution in [0.25, 0.3) is 0 Å². The van der Waals surface area contributed by atoms with E-state index in [9.17, 15) is 13.2 Å². The topological polar surface area (TPSA) is 0 Å². The second-order valence-electron chi connectivity index (χ2n) is 4.14. The van der Waals surface area contributed by atoms with E-state index < -0.39 is 11.7 Å². The third-order valence-corrected chi connectivity index (χ3v) is 2.85. The smallest absolute Gasteiger partial charge is 0.166 e. The van der Waals surface area contributed by atoms with Gasteiger partial charge in [-0.3, -0.25) is 0 Å². The van der Waals surface area contributed by atoms with Crippen molar-refractivity contribution in [3.05, 3.63) is 71.3 Å². The van der Waals surface area contributed by atoms with E-state index in [1.54, 1.807) is 12.1 Å². The van der Waals surface area contributed by atoms with Gasteiger partial charge in [-0.15, -0.1) is 0 Å². The molecule has 94 valence electrons. The summed E-state index contributed by atoms with van der Waals surface area (Å²) in [5, 5.41) is 0. The fraction of sp³-hybridized carbons (Fsp3) is 0.200. The van der Waals surface area contributed by atoms with E-state index in [0.717, 1.165) is 11.6 Å². The highest BCUT2D eigenvalue weighted by molar-refractivity contribution is 5.30. The van der Waals surface area contributed by atoms with Gasteiger partial charge in [0.2, 0.25) is 0 Å². The van der Waals surface area contributed by atoms with Gasteiger partial charge in [0.25, 0.3) is 0 Å². The van der Waals surface area contributed by atoms with Gasteiger partial charge in [-0.1, -0.05) is 48.5 Å². The van der Waals surface area contributed by atoms with Crippen molar-refractivity contribution in [2.45, 2.75) is 19.0 Å². The standard InChI is InChI=1S/C15H13F3/c16-15(17,18)14-9-5-4-8-13(14)11-10-12-6-2-1-3-7-12/h1-9H,10-11H2. The van der Waals surface area contributed by atoms with E-state index >= 15 is 0 Å². The molecule has 0 fully saturated rings. The number of halogens is 3. The second-order valence-corrected chi connectivity index (χ2v) is 4.14. The fourth-order valence-corrected chi connectivity index (χ4v) is 1.94. The highest BCUT2D eigenvalue weighted by Crippen LogP contribution is 2.32. The van der Waals surface area contributed by atoms with Gasteiger partial charge in [-0.05, 0) is 30.0 Å². The average molecular weight is 250 g/mol. The molecule has 0 aromatic heterocycles. The number of aryl methyl sites for hydroxylation is 2. The second kappa shape index (κ2) is 5.25. The molecule has 0 aliphatic rings. The van der Waals surface area contributed by atoms with Crippen molar-refractivity contribution in [3.63, 3.8) is 0 Å². The SMILES string of the molecule is FC(F)(F)c1ccccc1CCc1ccccc1. The molecule has 0 unspecified atom stereocenters. The predicted molar refractivity (Wildman–Crippen MR) is 65.3 cm³/mol. The average Bonchev–Trinajstić information content (AvgIpc) is 2.37. The molecule has 0 saturated heterocycles. The predicted octanol–water partition coefficient (Wildman–Crippen LogP) is 4.49. The third kappa shape index (κ3) is 3.13. The minimum atomic E-state index is -4.27. The first-order chi connectivity index (χ1) is 8.57. The molecule has 0 N–H and O–H groups in total. The summed E-state index contributed by atoms with van der Waals surface area (Å²) in [5.41, 5.74) is 0.879. The molecule has 2 rings (SSSR count). The van der Waals surface area contributed by atoms with Crippen LogP contribution in [-0.4, -0.2) is 0 Å². The van der Waals surface area contributed by atoms with Crippen LogP contribution >= 0.6 is 0 Å². The van der Waals surface area contributed by atoms with Crippen LogP contribution in [0.5, 0.6) is 0 Å². The molecule has 0 saturated carbocycles. The molecule has 0 spiro atoms. The lowest BCUT2D eigenvalue weighted by molar-refractivity contribution is -0.138. The van der Waals surface area contributed by atoms with E-state index in [1.807, 2.05) is 30.3 Å². The van der Waals surface area contributed by atoms with Gasteiger partial charge < -0.3 is 0 Å². The Morgan fingerprint density at radius 3 is 2.00 bits per heavy atom. The molecule has 18 heavy (non-hydrogen) atoms. The van der Waals surface area contributed by atoms with Crippen LogP contribution in [0.4, 0.5) is 13.2 Å². The van der Waals surface area contributed by atoms with E-state index in [-0.39, 0.29) is 0 Å². The van der Waals surface area contributed by atoms with Gasteiger partial charge >= 0.3 is 6.18 Å². The number of benzene rings is 2. The zero-order valence-electron chi connectivity index (χ0n) is 9.74. The van der Waals surface area contributed by atoms with Crippen molar-refractivity contribution >= 4 is 0 Å². The first kappa shape index (κ1) is 12.7. The Hall–Kier alpha value is -1.77. The van der Waals surface area contributed by atoms with Crippen LogP contribution < -0.4 is 0 Å². The maximum absolute atomic E-state index is 12.8. The first-order valence-electron chi connectivity index (χ1n) is 5.76. The van der Waals surface area contributed by atoms with Crippen molar-refractivity contribution in [3.8, 4) is 0 Å². The summed E-state index contributed by atoms with van der Waals surface area (Å²) in [6.07, 6.45) is -3.25. The molecule has 2 aromatic carbocycles. The summed E-state index contributed by atoms with van der Waals surface area (Å²) >= 11 is 0. The Balaban J connectivity index is 2.15. The number of hydrogen-bond acceptors (Lipinski definition) is 0. The van der Waals surface area contributed by atoms with Crippen molar-refractivity contribution in [1.82, 2.24) is 0 Å². The van der Waals surface area contributed by atoms with E-state index in [4.69, 9.17) is 0 Å². The highest BCUT2D eigenvalue weighted by atomic mass is 19.4. The van der Waals surface area contributed by atoms with E-state index in [1.165, 1.54) is 6.07 Å². The quantitative estimate of drug-likeness (QED) is 0.752. The van der Waals surface area contributed by atoms with E-state index in [2.05, 4.69) is 0 Å². The lowest BCUT2D eigenvalue weighted by Gasteiger charge is -2.12. The lowest BCUT2D eigenvalue weighted by atomic mass is 9.99. The summed E-state index contributed by atoms with van der Waals surface area (Å²) in [6, 6.07) is 15.3. The molecule has 0 nitrogen and oxygen atoms in total. The molecule has 0 aliphatic heterocycles. The lowest BCUT2D eigenvalue weighted by Crippen LogP contribution is -2.09. The van der Waals surface area contributed by atoms with Crippen LogP contribution in [0, 0.1) is 0 Å². The third-order valence-electron chi connectivity index (χ3n) is 2.85. The maximum atomic E-state index is 12.8. The molecule has 2 aromatic rings. The van der Waals surface area contributed by atoms with Gasteiger partial charge in [0.15, 0.2) is 0 Å². The molecule has 3 heteroatoms. The minimum absolute atomic E-state index is 0.355. The molecule has 0 bridgehead atoms. The van der Waals surface area contributed by atoms with Crippen molar-refractivity contribution in [1.29, 1.82) is 0 Å². The Labute approximate surface area is 104 Å². The van der Waals surface area contributed by atoms with Crippen LogP contribution in [0.15, 0.2) is 54.6 Å². The van der Waals surface area contributed by atoms with Crippen molar-refractivity contribution < 1.29 is 13.2 Å². The first-order valence-corrected chi connectivity index (χ1v) is 5.76. The van der Waals surface area contributed by atoms with Gasteiger partial charge in [0.1, 0.15) is 0 Å². The molecule has 0 aliphatic carbocycles. The molecule has 0 atom stereocenters. The van der Waals surface area contributed by atoms with Gasteiger partial charge in [0, 0.05) is 0 Å². The van der Waals surface area contributed by atoms with Gasteiger partial charge in [-0.2, -0.15) is 13.2 Å². The number of alkyl halides is 3. The molecule has 0 amide bonds. The largest absolute Gasteiger partial charge is 0.416 e. The van der Waals surface area contributed by atoms with Crippen molar-refractivity contribution in [2.24, 2.45) is 0 Å². The molecular formula is C15H13F3. The molecule has 0 radical (unpaired) electrons. The zero-order chi connectivity index (χ0) is 13.0. The fourth-order valence-electron chi connectivity index (χ4n) is 1.94. The maximum Gasteiger partial charge on any atom is 0.416 e. The Kier molecular flexibility index (Phi) is 3.70. The molecular weight excluding hydrogens is 237 g/mol.